The largest absolute Gasteiger partial charge is 0.118 e. The van der Waals surface area contributed by atoms with E-state index >= 15 is 0 Å². The van der Waals surface area contributed by atoms with Crippen molar-refractivity contribution in [1.29, 1.82) is 0 Å². The molecule has 1 unspecified atom stereocenters. The van der Waals surface area contributed by atoms with Crippen molar-refractivity contribution in [3.63, 3.8) is 0 Å². The van der Waals surface area contributed by atoms with Crippen LogP contribution < -0.4 is 0 Å². The van der Waals surface area contributed by atoms with E-state index in [1.165, 1.54) is 10.8 Å². The molecule has 0 heterocycles. The number of rotatable bonds is 1. The predicted molar refractivity (Wildman–Crippen MR) is 57.9 cm³/mol. The van der Waals surface area contributed by atoms with Gasteiger partial charge < -0.3 is 0 Å². The lowest BCUT2D eigenvalue weighted by molar-refractivity contribution is 1.24. The summed E-state index contributed by atoms with van der Waals surface area (Å²) in [6, 6.07) is 14.3. The van der Waals surface area contributed by atoms with Gasteiger partial charge in [-0.2, -0.15) is 0 Å². The first-order valence-electron chi connectivity index (χ1n) is 4.24. The summed E-state index contributed by atoms with van der Waals surface area (Å²) in [4.78, 5) is 0. The molecule has 2 rings (SSSR count). The Hall–Kier alpha value is -1.01. The maximum atomic E-state index is 5.97. The summed E-state index contributed by atoms with van der Waals surface area (Å²) in [6.45, 7) is 3.82. The molecule has 1 atom stereocenters. The van der Waals surface area contributed by atoms with E-state index in [0.717, 1.165) is 5.56 Å². The minimum absolute atomic E-state index is 0.175. The highest BCUT2D eigenvalue weighted by Gasteiger charge is 2.04. The minimum Gasteiger partial charge on any atom is -0.118 e. The van der Waals surface area contributed by atoms with E-state index in [2.05, 4.69) is 25.1 Å². The monoisotopic (exact) mass is 189 g/mol. The summed E-state index contributed by atoms with van der Waals surface area (Å²) < 4.78 is 0. The van der Waals surface area contributed by atoms with Crippen molar-refractivity contribution in [3.8, 4) is 0 Å². The summed E-state index contributed by atoms with van der Waals surface area (Å²) in [5, 5.41) is 2.24. The van der Waals surface area contributed by atoms with Crippen LogP contribution in [0.5, 0.6) is 0 Å². The van der Waals surface area contributed by atoms with Crippen molar-refractivity contribution in [2.24, 2.45) is 0 Å². The second kappa shape index (κ2) is 3.39. The second-order valence-corrected chi connectivity index (χ2v) is 3.56. The maximum Gasteiger partial charge on any atom is 0.0592 e. The summed E-state index contributed by atoms with van der Waals surface area (Å²) >= 11 is 5.97. The van der Waals surface area contributed by atoms with Gasteiger partial charge in [-0.15, -0.1) is 11.6 Å². The van der Waals surface area contributed by atoms with Crippen LogP contribution in [0.2, 0.25) is 0 Å². The number of benzene rings is 2. The Morgan fingerprint density at radius 3 is 2.46 bits per heavy atom. The van der Waals surface area contributed by atoms with Gasteiger partial charge >= 0.3 is 0 Å². The molecule has 1 radical (unpaired) electrons. The Kier molecular flexibility index (Phi) is 2.24. The molecule has 2 aromatic rings. The van der Waals surface area contributed by atoms with Crippen LogP contribution in [0.3, 0.4) is 0 Å². The summed E-state index contributed by atoms with van der Waals surface area (Å²) in [5.74, 6) is 0. The van der Waals surface area contributed by atoms with Crippen LogP contribution in [0.25, 0.3) is 10.8 Å². The Balaban J connectivity index is 2.76. The first-order valence-corrected chi connectivity index (χ1v) is 4.67. The fourth-order valence-corrected chi connectivity index (χ4v) is 1.71. The zero-order chi connectivity index (χ0) is 9.26. The first-order chi connectivity index (χ1) is 6.29. The van der Waals surface area contributed by atoms with E-state index in [1.807, 2.05) is 24.3 Å². The van der Waals surface area contributed by atoms with E-state index in [1.54, 1.807) is 0 Å². The SMILES string of the molecule is [CH2]C(Cl)c1cccc2ccccc12. The van der Waals surface area contributed by atoms with Crippen LogP contribution in [0.1, 0.15) is 10.9 Å². The van der Waals surface area contributed by atoms with Crippen molar-refractivity contribution in [2.75, 3.05) is 0 Å². The van der Waals surface area contributed by atoms with Gasteiger partial charge in [-0.1, -0.05) is 42.5 Å². The normalized spacial score (nSPS) is 13.1. The molecular weight excluding hydrogens is 180 g/mol. The molecule has 0 saturated heterocycles. The van der Waals surface area contributed by atoms with Gasteiger partial charge in [0, 0.05) is 0 Å². The van der Waals surface area contributed by atoms with Crippen LogP contribution >= 0.6 is 11.6 Å². The maximum absolute atomic E-state index is 5.97. The van der Waals surface area contributed by atoms with Crippen molar-refractivity contribution in [3.05, 3.63) is 55.0 Å². The zero-order valence-electron chi connectivity index (χ0n) is 7.20. The third kappa shape index (κ3) is 1.54. The van der Waals surface area contributed by atoms with Crippen molar-refractivity contribution >= 4 is 22.4 Å². The molecule has 0 amide bonds. The third-order valence-corrected chi connectivity index (χ3v) is 2.40. The van der Waals surface area contributed by atoms with E-state index in [0.29, 0.717) is 0 Å². The van der Waals surface area contributed by atoms with E-state index in [4.69, 9.17) is 11.6 Å². The van der Waals surface area contributed by atoms with Gasteiger partial charge in [0.15, 0.2) is 0 Å². The lowest BCUT2D eigenvalue weighted by atomic mass is 10.0. The van der Waals surface area contributed by atoms with Crippen LogP contribution in [0.4, 0.5) is 0 Å². The van der Waals surface area contributed by atoms with Crippen LogP contribution in [0.15, 0.2) is 42.5 Å². The molecule has 0 bridgehead atoms. The molecule has 0 N–H and O–H groups in total. The van der Waals surface area contributed by atoms with Gasteiger partial charge in [0.2, 0.25) is 0 Å². The molecule has 0 aromatic heterocycles. The van der Waals surface area contributed by atoms with Gasteiger partial charge in [0.25, 0.3) is 0 Å². The van der Waals surface area contributed by atoms with Gasteiger partial charge in [-0.25, -0.2) is 0 Å². The fraction of sp³-hybridized carbons (Fsp3) is 0.0833. The van der Waals surface area contributed by atoms with Crippen molar-refractivity contribution in [1.82, 2.24) is 0 Å². The minimum atomic E-state index is -0.175. The Morgan fingerprint density at radius 1 is 1.00 bits per heavy atom. The second-order valence-electron chi connectivity index (χ2n) is 3.04. The number of fused-ring (bicyclic) bond motifs is 1. The van der Waals surface area contributed by atoms with Crippen molar-refractivity contribution in [2.45, 2.75) is 5.38 Å². The van der Waals surface area contributed by atoms with Crippen LogP contribution in [-0.4, -0.2) is 0 Å². The molecule has 0 fully saturated rings. The van der Waals surface area contributed by atoms with Crippen LogP contribution in [0, 0.1) is 6.92 Å². The lowest BCUT2D eigenvalue weighted by Crippen LogP contribution is -1.86. The lowest BCUT2D eigenvalue weighted by Gasteiger charge is -2.07. The molecular formula is C12H10Cl. The highest BCUT2D eigenvalue weighted by atomic mass is 35.5. The third-order valence-electron chi connectivity index (χ3n) is 2.16. The van der Waals surface area contributed by atoms with Crippen LogP contribution in [-0.2, 0) is 0 Å². The van der Waals surface area contributed by atoms with E-state index < -0.39 is 0 Å². The molecule has 0 saturated carbocycles. The van der Waals surface area contributed by atoms with E-state index in [9.17, 15) is 0 Å². The predicted octanol–water partition coefficient (Wildman–Crippen LogP) is 3.95. The summed E-state index contributed by atoms with van der Waals surface area (Å²) in [5.41, 5.74) is 1.10. The average Bonchev–Trinajstić information content (AvgIpc) is 2.17. The molecule has 0 spiro atoms. The van der Waals surface area contributed by atoms with E-state index in [-0.39, 0.29) is 5.38 Å². The smallest absolute Gasteiger partial charge is 0.0592 e. The molecule has 0 aliphatic carbocycles. The topological polar surface area (TPSA) is 0 Å². The highest BCUT2D eigenvalue weighted by molar-refractivity contribution is 6.22. The fourth-order valence-electron chi connectivity index (χ4n) is 1.52. The standard InChI is InChI=1S/C12H10Cl/c1-9(13)11-8-4-6-10-5-2-3-7-12(10)11/h2-9H,1H2. The number of halogens is 1. The molecule has 0 nitrogen and oxygen atoms in total. The number of hydrogen-bond donors (Lipinski definition) is 0. The van der Waals surface area contributed by atoms with Crippen molar-refractivity contribution < 1.29 is 0 Å². The zero-order valence-corrected chi connectivity index (χ0v) is 7.96. The Labute approximate surface area is 83.1 Å². The Bertz CT molecular complexity index is 413. The van der Waals surface area contributed by atoms with Gasteiger partial charge in [-0.05, 0) is 23.3 Å². The molecule has 1 heteroatoms. The molecule has 65 valence electrons. The summed E-state index contributed by atoms with van der Waals surface area (Å²) in [6.07, 6.45) is 0. The number of alkyl halides is 1. The highest BCUT2D eigenvalue weighted by Crippen LogP contribution is 2.27. The summed E-state index contributed by atoms with van der Waals surface area (Å²) in [7, 11) is 0. The molecule has 2 aromatic carbocycles. The molecule has 0 aliphatic rings. The Morgan fingerprint density at radius 2 is 1.69 bits per heavy atom. The van der Waals surface area contributed by atoms with Gasteiger partial charge in [-0.3, -0.25) is 0 Å². The number of hydrogen-bond acceptors (Lipinski definition) is 0. The molecule has 0 aliphatic heterocycles. The van der Waals surface area contributed by atoms with Gasteiger partial charge in [0.05, 0.1) is 5.38 Å². The quantitative estimate of drug-likeness (QED) is 0.596. The van der Waals surface area contributed by atoms with Gasteiger partial charge in [0.1, 0.15) is 0 Å². The average molecular weight is 190 g/mol. The first kappa shape index (κ1) is 8.58. The molecule has 13 heavy (non-hydrogen) atoms.